The highest BCUT2D eigenvalue weighted by Gasteiger charge is 2.24. The second-order valence-electron chi connectivity index (χ2n) is 4.11. The van der Waals surface area contributed by atoms with Crippen molar-refractivity contribution in [1.82, 2.24) is 4.90 Å². The number of likely N-dealkylation sites (tertiary alicyclic amines) is 1. The minimum atomic E-state index is 0.468. The molecule has 11 heavy (non-hydrogen) atoms. The molecule has 2 fully saturated rings. The third-order valence-corrected chi connectivity index (χ3v) is 3.05. The average molecular weight is 154 g/mol. The molecule has 2 aliphatic rings. The summed E-state index contributed by atoms with van der Waals surface area (Å²) in [7, 11) is 0. The van der Waals surface area contributed by atoms with Crippen molar-refractivity contribution in [3.05, 3.63) is 0 Å². The molecule has 0 radical (unpaired) electrons. The van der Waals surface area contributed by atoms with Crippen molar-refractivity contribution >= 4 is 0 Å². The minimum Gasteiger partial charge on any atom is -0.326 e. The van der Waals surface area contributed by atoms with Gasteiger partial charge in [0.1, 0.15) is 0 Å². The van der Waals surface area contributed by atoms with Gasteiger partial charge in [-0.2, -0.15) is 0 Å². The Bertz CT molecular complexity index is 132. The third-order valence-electron chi connectivity index (χ3n) is 3.05. The van der Waals surface area contributed by atoms with E-state index in [4.69, 9.17) is 5.73 Å². The highest BCUT2D eigenvalue weighted by molar-refractivity contribution is 4.81. The summed E-state index contributed by atoms with van der Waals surface area (Å²) in [4.78, 5) is 2.54. The van der Waals surface area contributed by atoms with Gasteiger partial charge in [0.15, 0.2) is 0 Å². The summed E-state index contributed by atoms with van der Waals surface area (Å²) in [6, 6.07) is 0.468. The van der Waals surface area contributed by atoms with E-state index in [1.807, 2.05) is 0 Å². The summed E-state index contributed by atoms with van der Waals surface area (Å²) in [5, 5.41) is 0. The van der Waals surface area contributed by atoms with E-state index in [2.05, 4.69) is 4.90 Å². The minimum absolute atomic E-state index is 0.468. The second kappa shape index (κ2) is 3.11. The van der Waals surface area contributed by atoms with Crippen LogP contribution in [0.4, 0.5) is 0 Å². The maximum absolute atomic E-state index is 5.82. The van der Waals surface area contributed by atoms with Gasteiger partial charge in [0.25, 0.3) is 0 Å². The van der Waals surface area contributed by atoms with Crippen LogP contribution in [0.2, 0.25) is 0 Å². The number of rotatable bonds is 2. The third kappa shape index (κ3) is 1.74. The standard InChI is InChI=1S/C9H18N2/c10-9-4-5-11(7-9)6-8-2-1-3-8/h8-9H,1-7,10H2/t9-/m0/s1. The number of hydrogen-bond donors (Lipinski definition) is 1. The van der Waals surface area contributed by atoms with Gasteiger partial charge < -0.3 is 10.6 Å². The quantitative estimate of drug-likeness (QED) is 0.638. The Labute approximate surface area is 68.7 Å². The molecule has 1 saturated carbocycles. The van der Waals surface area contributed by atoms with Crippen LogP contribution >= 0.6 is 0 Å². The van der Waals surface area contributed by atoms with Gasteiger partial charge >= 0.3 is 0 Å². The fraction of sp³-hybridized carbons (Fsp3) is 1.00. The lowest BCUT2D eigenvalue weighted by Gasteiger charge is -2.29. The summed E-state index contributed by atoms with van der Waals surface area (Å²) in [5.74, 6) is 1.01. The molecular formula is C9H18N2. The molecule has 0 aromatic heterocycles. The fourth-order valence-electron chi connectivity index (χ4n) is 2.07. The van der Waals surface area contributed by atoms with Gasteiger partial charge in [0.05, 0.1) is 0 Å². The lowest BCUT2D eigenvalue weighted by molar-refractivity contribution is 0.204. The predicted octanol–water partition coefficient (Wildman–Crippen LogP) is 0.819. The molecule has 0 unspecified atom stereocenters. The topological polar surface area (TPSA) is 29.3 Å². The fourth-order valence-corrected chi connectivity index (χ4v) is 2.07. The van der Waals surface area contributed by atoms with Crippen LogP contribution in [0.5, 0.6) is 0 Å². The molecule has 0 spiro atoms. The predicted molar refractivity (Wildman–Crippen MR) is 46.4 cm³/mol. The Morgan fingerprint density at radius 2 is 2.09 bits per heavy atom. The van der Waals surface area contributed by atoms with Gasteiger partial charge in [-0.1, -0.05) is 6.42 Å². The Balaban J connectivity index is 1.70. The SMILES string of the molecule is N[C@H]1CCN(CC2CCC2)C1. The normalized spacial score (nSPS) is 34.1. The van der Waals surface area contributed by atoms with Crippen LogP contribution in [-0.2, 0) is 0 Å². The summed E-state index contributed by atoms with van der Waals surface area (Å²) >= 11 is 0. The molecule has 1 heterocycles. The van der Waals surface area contributed by atoms with Gasteiger partial charge in [-0.25, -0.2) is 0 Å². The van der Waals surface area contributed by atoms with E-state index in [0.29, 0.717) is 6.04 Å². The molecule has 2 nitrogen and oxygen atoms in total. The van der Waals surface area contributed by atoms with E-state index in [1.165, 1.54) is 38.8 Å². The highest BCUT2D eigenvalue weighted by atomic mass is 15.2. The van der Waals surface area contributed by atoms with Crippen molar-refractivity contribution in [1.29, 1.82) is 0 Å². The molecule has 0 amide bonds. The molecular weight excluding hydrogens is 136 g/mol. The summed E-state index contributed by atoms with van der Waals surface area (Å²) < 4.78 is 0. The van der Waals surface area contributed by atoms with Crippen LogP contribution < -0.4 is 5.73 Å². The first kappa shape index (κ1) is 7.56. The van der Waals surface area contributed by atoms with E-state index < -0.39 is 0 Å². The van der Waals surface area contributed by atoms with Crippen molar-refractivity contribution in [3.63, 3.8) is 0 Å². The van der Waals surface area contributed by atoms with Crippen molar-refractivity contribution < 1.29 is 0 Å². The highest BCUT2D eigenvalue weighted by Crippen LogP contribution is 2.27. The molecule has 2 rings (SSSR count). The lowest BCUT2D eigenvalue weighted by atomic mass is 9.85. The van der Waals surface area contributed by atoms with Crippen molar-refractivity contribution in [2.75, 3.05) is 19.6 Å². The maximum atomic E-state index is 5.82. The largest absolute Gasteiger partial charge is 0.326 e. The molecule has 1 aliphatic heterocycles. The molecule has 1 atom stereocenters. The van der Waals surface area contributed by atoms with Crippen LogP contribution in [0.15, 0.2) is 0 Å². The Kier molecular flexibility index (Phi) is 2.14. The van der Waals surface area contributed by atoms with E-state index in [9.17, 15) is 0 Å². The Hall–Kier alpha value is -0.0800. The van der Waals surface area contributed by atoms with Gasteiger partial charge in [-0.05, 0) is 31.7 Å². The number of hydrogen-bond acceptors (Lipinski definition) is 2. The van der Waals surface area contributed by atoms with Gasteiger partial charge in [-0.15, -0.1) is 0 Å². The second-order valence-corrected chi connectivity index (χ2v) is 4.11. The summed E-state index contributed by atoms with van der Waals surface area (Å²) in [6.45, 7) is 3.72. The zero-order chi connectivity index (χ0) is 7.68. The van der Waals surface area contributed by atoms with Gasteiger partial charge in [0, 0.05) is 19.1 Å². The molecule has 2 heteroatoms. The summed E-state index contributed by atoms with van der Waals surface area (Å²) in [6.07, 6.45) is 5.61. The molecule has 1 saturated heterocycles. The van der Waals surface area contributed by atoms with Crippen LogP contribution in [0.25, 0.3) is 0 Å². The zero-order valence-corrected chi connectivity index (χ0v) is 7.13. The van der Waals surface area contributed by atoms with Crippen molar-refractivity contribution in [2.45, 2.75) is 31.7 Å². The first-order valence-corrected chi connectivity index (χ1v) is 4.82. The van der Waals surface area contributed by atoms with Crippen LogP contribution in [0.1, 0.15) is 25.7 Å². The van der Waals surface area contributed by atoms with E-state index in [0.717, 1.165) is 12.5 Å². The first-order valence-electron chi connectivity index (χ1n) is 4.82. The summed E-state index contributed by atoms with van der Waals surface area (Å²) in [5.41, 5.74) is 5.82. The Morgan fingerprint density at radius 1 is 1.27 bits per heavy atom. The monoisotopic (exact) mass is 154 g/mol. The van der Waals surface area contributed by atoms with Gasteiger partial charge in [0.2, 0.25) is 0 Å². The lowest BCUT2D eigenvalue weighted by Crippen LogP contribution is -2.33. The van der Waals surface area contributed by atoms with E-state index >= 15 is 0 Å². The van der Waals surface area contributed by atoms with Crippen molar-refractivity contribution in [3.8, 4) is 0 Å². The van der Waals surface area contributed by atoms with Crippen LogP contribution in [-0.4, -0.2) is 30.6 Å². The van der Waals surface area contributed by atoms with Crippen LogP contribution in [0.3, 0.4) is 0 Å². The Morgan fingerprint density at radius 3 is 2.55 bits per heavy atom. The average Bonchev–Trinajstić information content (AvgIpc) is 2.27. The van der Waals surface area contributed by atoms with E-state index in [-0.39, 0.29) is 0 Å². The molecule has 0 bridgehead atoms. The molecule has 2 N–H and O–H groups in total. The van der Waals surface area contributed by atoms with Crippen LogP contribution in [0, 0.1) is 5.92 Å². The molecule has 64 valence electrons. The first-order chi connectivity index (χ1) is 5.34. The number of nitrogens with zero attached hydrogens (tertiary/aromatic N) is 1. The van der Waals surface area contributed by atoms with Crippen molar-refractivity contribution in [2.24, 2.45) is 11.7 Å². The number of nitrogens with two attached hydrogens (primary N) is 1. The smallest absolute Gasteiger partial charge is 0.0180 e. The van der Waals surface area contributed by atoms with Gasteiger partial charge in [-0.3, -0.25) is 0 Å². The molecule has 1 aliphatic carbocycles. The molecule has 0 aromatic rings. The van der Waals surface area contributed by atoms with E-state index in [1.54, 1.807) is 0 Å². The zero-order valence-electron chi connectivity index (χ0n) is 7.13. The maximum Gasteiger partial charge on any atom is 0.0180 e. The molecule has 0 aromatic carbocycles.